The normalized spacial score (nSPS) is 16.6. The maximum Gasteiger partial charge on any atom is 0.311 e. The molecule has 0 radical (unpaired) electrons. The van der Waals surface area contributed by atoms with Crippen LogP contribution in [0.1, 0.15) is 69.1 Å². The van der Waals surface area contributed by atoms with Crippen molar-refractivity contribution < 1.29 is 9.90 Å². The molecule has 3 rings (SSSR count). The van der Waals surface area contributed by atoms with E-state index in [1.54, 1.807) is 12.4 Å². The summed E-state index contributed by atoms with van der Waals surface area (Å²) in [6.07, 6.45) is 5.04. The first-order valence-electron chi connectivity index (χ1n) is 9.51. The standard InChI is InChI=1S/C23H26N2O2S/c1-6-16-10-19-18(22(2,3)14-23(4,5)28-19)9-17(16)8-7-15-12-24-20(25-13-15)11-21(26)27/h9-10,12-13H,6,11,14H2,1-5H3,(H,26,27). The molecule has 0 saturated heterocycles. The van der Waals surface area contributed by atoms with Crippen LogP contribution < -0.4 is 0 Å². The highest BCUT2D eigenvalue weighted by Gasteiger charge is 2.38. The highest BCUT2D eigenvalue weighted by Crippen LogP contribution is 2.51. The number of nitrogens with zero attached hydrogens (tertiary/aromatic N) is 2. The number of hydrogen-bond acceptors (Lipinski definition) is 4. The predicted molar refractivity (Wildman–Crippen MR) is 113 cm³/mol. The number of fused-ring (bicyclic) bond motifs is 1. The molecule has 146 valence electrons. The monoisotopic (exact) mass is 394 g/mol. The molecule has 4 nitrogen and oxygen atoms in total. The number of benzene rings is 1. The van der Waals surface area contributed by atoms with Gasteiger partial charge in [0.1, 0.15) is 12.2 Å². The quantitative estimate of drug-likeness (QED) is 0.770. The molecule has 1 aliphatic rings. The average molecular weight is 395 g/mol. The van der Waals surface area contributed by atoms with Gasteiger partial charge in [-0.3, -0.25) is 4.79 Å². The molecule has 0 fully saturated rings. The van der Waals surface area contributed by atoms with Gasteiger partial charge in [-0.1, -0.05) is 46.5 Å². The topological polar surface area (TPSA) is 63.1 Å². The van der Waals surface area contributed by atoms with Crippen LogP contribution in [0.3, 0.4) is 0 Å². The minimum atomic E-state index is -0.941. The fourth-order valence-corrected chi connectivity index (χ4v) is 5.60. The Morgan fingerprint density at radius 1 is 1.18 bits per heavy atom. The molecule has 0 bridgehead atoms. The van der Waals surface area contributed by atoms with Crippen molar-refractivity contribution >= 4 is 17.7 Å². The second-order valence-corrected chi connectivity index (χ2v) is 10.2. The van der Waals surface area contributed by atoms with Crippen molar-refractivity contribution in [2.45, 2.75) is 68.9 Å². The van der Waals surface area contributed by atoms with Crippen molar-refractivity contribution in [3.8, 4) is 11.8 Å². The zero-order valence-electron chi connectivity index (χ0n) is 17.1. The van der Waals surface area contributed by atoms with Gasteiger partial charge in [0.2, 0.25) is 0 Å². The molecule has 0 saturated carbocycles. The first kappa shape index (κ1) is 20.4. The third-order valence-corrected chi connectivity index (χ3v) is 6.18. The molecular formula is C23H26N2O2S. The molecule has 1 aromatic heterocycles. The van der Waals surface area contributed by atoms with Crippen LogP contribution in [0.2, 0.25) is 0 Å². The zero-order chi connectivity index (χ0) is 20.5. The summed E-state index contributed by atoms with van der Waals surface area (Å²) in [4.78, 5) is 20.3. The molecule has 28 heavy (non-hydrogen) atoms. The Hall–Kier alpha value is -2.32. The third-order valence-electron chi connectivity index (χ3n) is 4.93. The summed E-state index contributed by atoms with van der Waals surface area (Å²) in [5, 5.41) is 8.81. The number of aryl methyl sites for hydroxylation is 1. The van der Waals surface area contributed by atoms with E-state index in [4.69, 9.17) is 5.11 Å². The molecule has 1 N–H and O–H groups in total. The van der Waals surface area contributed by atoms with Gasteiger partial charge in [0, 0.05) is 27.6 Å². The summed E-state index contributed by atoms with van der Waals surface area (Å²) >= 11 is 1.96. The first-order valence-corrected chi connectivity index (χ1v) is 10.3. The number of carboxylic acid groups (broad SMARTS) is 1. The highest BCUT2D eigenvalue weighted by atomic mass is 32.2. The largest absolute Gasteiger partial charge is 0.481 e. The summed E-state index contributed by atoms with van der Waals surface area (Å²) in [6.45, 7) is 11.4. The van der Waals surface area contributed by atoms with Crippen LogP contribution in [-0.2, 0) is 23.1 Å². The van der Waals surface area contributed by atoms with Crippen LogP contribution in [-0.4, -0.2) is 25.8 Å². The summed E-state index contributed by atoms with van der Waals surface area (Å²) < 4.78 is 0.226. The summed E-state index contributed by atoms with van der Waals surface area (Å²) in [7, 11) is 0. The highest BCUT2D eigenvalue weighted by molar-refractivity contribution is 8.00. The van der Waals surface area contributed by atoms with Crippen molar-refractivity contribution in [1.82, 2.24) is 9.97 Å². The van der Waals surface area contributed by atoms with E-state index in [1.807, 2.05) is 11.8 Å². The molecule has 1 aromatic carbocycles. The van der Waals surface area contributed by atoms with Crippen molar-refractivity contribution in [2.24, 2.45) is 0 Å². The Bertz CT molecular complexity index is 967. The molecule has 0 unspecified atom stereocenters. The Labute approximate surface area is 171 Å². The molecule has 2 aromatic rings. The van der Waals surface area contributed by atoms with Crippen LogP contribution in [0.15, 0.2) is 29.4 Å². The summed E-state index contributed by atoms with van der Waals surface area (Å²) in [5.41, 5.74) is 4.45. The lowest BCUT2D eigenvalue weighted by Crippen LogP contribution is -2.33. The maximum absolute atomic E-state index is 10.7. The second-order valence-electron chi connectivity index (χ2n) is 8.49. The Morgan fingerprint density at radius 3 is 2.46 bits per heavy atom. The number of rotatable bonds is 3. The Kier molecular flexibility index (Phi) is 5.54. The van der Waals surface area contributed by atoms with Gasteiger partial charge in [0.25, 0.3) is 0 Å². The van der Waals surface area contributed by atoms with E-state index in [0.717, 1.165) is 18.4 Å². The van der Waals surface area contributed by atoms with E-state index >= 15 is 0 Å². The van der Waals surface area contributed by atoms with Crippen molar-refractivity contribution in [3.05, 3.63) is 52.6 Å². The lowest BCUT2D eigenvalue weighted by molar-refractivity contribution is -0.136. The SMILES string of the molecule is CCc1cc2c(cc1C#Cc1cnc(CC(=O)O)nc1)C(C)(C)CC(C)(C)S2. The van der Waals surface area contributed by atoms with Gasteiger partial charge >= 0.3 is 5.97 Å². The molecular weight excluding hydrogens is 368 g/mol. The number of carbonyl (C=O) groups is 1. The summed E-state index contributed by atoms with van der Waals surface area (Å²) in [5.74, 6) is 5.78. The number of hydrogen-bond donors (Lipinski definition) is 1. The van der Waals surface area contributed by atoms with Crippen LogP contribution in [0.25, 0.3) is 0 Å². The lowest BCUT2D eigenvalue weighted by atomic mass is 9.76. The molecule has 0 amide bonds. The van der Waals surface area contributed by atoms with Crippen LogP contribution in [0.5, 0.6) is 0 Å². The Balaban J connectivity index is 1.96. The molecule has 1 aliphatic heterocycles. The van der Waals surface area contributed by atoms with Gasteiger partial charge in [-0.25, -0.2) is 9.97 Å². The van der Waals surface area contributed by atoms with Gasteiger partial charge in [-0.05, 0) is 41.5 Å². The third kappa shape index (κ3) is 4.56. The number of carboxylic acids is 1. The Morgan fingerprint density at radius 2 is 1.86 bits per heavy atom. The van der Waals surface area contributed by atoms with Crippen molar-refractivity contribution in [3.63, 3.8) is 0 Å². The van der Waals surface area contributed by atoms with E-state index in [9.17, 15) is 4.79 Å². The van der Waals surface area contributed by atoms with Crippen molar-refractivity contribution in [1.29, 1.82) is 0 Å². The van der Waals surface area contributed by atoms with E-state index in [-0.39, 0.29) is 16.6 Å². The van der Waals surface area contributed by atoms with Gasteiger partial charge in [-0.15, -0.1) is 11.8 Å². The molecule has 5 heteroatoms. The minimum Gasteiger partial charge on any atom is -0.481 e. The zero-order valence-corrected chi connectivity index (χ0v) is 17.9. The fourth-order valence-electron chi connectivity index (χ4n) is 3.92. The first-order chi connectivity index (χ1) is 13.1. The van der Waals surface area contributed by atoms with Crippen LogP contribution in [0.4, 0.5) is 0 Å². The molecule has 0 aliphatic carbocycles. The molecule has 2 heterocycles. The van der Waals surface area contributed by atoms with E-state index in [1.165, 1.54) is 16.0 Å². The van der Waals surface area contributed by atoms with Gasteiger partial charge in [0.05, 0.1) is 5.56 Å². The summed E-state index contributed by atoms with van der Waals surface area (Å²) in [6, 6.07) is 4.56. The van der Waals surface area contributed by atoms with Gasteiger partial charge in [0.15, 0.2) is 0 Å². The minimum absolute atomic E-state index is 0.106. The van der Waals surface area contributed by atoms with Gasteiger partial charge < -0.3 is 5.11 Å². The van der Waals surface area contributed by atoms with Crippen LogP contribution >= 0.6 is 11.8 Å². The predicted octanol–water partition coefficient (Wildman–Crippen LogP) is 4.62. The second kappa shape index (κ2) is 7.60. The van der Waals surface area contributed by atoms with Gasteiger partial charge in [-0.2, -0.15) is 0 Å². The van der Waals surface area contributed by atoms with E-state index < -0.39 is 5.97 Å². The molecule has 0 spiro atoms. The average Bonchev–Trinajstić information content (AvgIpc) is 2.58. The van der Waals surface area contributed by atoms with Crippen LogP contribution in [0, 0.1) is 11.8 Å². The number of aliphatic carboxylic acids is 1. The molecule has 0 atom stereocenters. The smallest absolute Gasteiger partial charge is 0.311 e. The number of thioether (sulfide) groups is 1. The lowest BCUT2D eigenvalue weighted by Gasteiger charge is -2.42. The number of aromatic nitrogens is 2. The maximum atomic E-state index is 10.7. The fraction of sp³-hybridized carbons (Fsp3) is 0.435. The van der Waals surface area contributed by atoms with E-state index in [2.05, 4.69) is 68.6 Å². The van der Waals surface area contributed by atoms with Crippen molar-refractivity contribution in [2.75, 3.05) is 0 Å². The van der Waals surface area contributed by atoms with E-state index in [0.29, 0.717) is 11.4 Å².